The van der Waals surface area contributed by atoms with Crippen LogP contribution in [0.1, 0.15) is 33.6 Å². The smallest absolute Gasteiger partial charge is 0.262 e. The van der Waals surface area contributed by atoms with Crippen molar-refractivity contribution in [3.8, 4) is 0 Å². The van der Waals surface area contributed by atoms with Crippen LogP contribution in [0.5, 0.6) is 0 Å². The van der Waals surface area contributed by atoms with Crippen LogP contribution in [0.25, 0.3) is 0 Å². The molecule has 0 radical (unpaired) electrons. The lowest BCUT2D eigenvalue weighted by atomic mass is 10.1. The van der Waals surface area contributed by atoms with E-state index in [1.165, 1.54) is 16.7 Å². The molecule has 0 bridgehead atoms. The molecule has 4 rings (SSSR count). The fraction of sp³-hybridized carbons (Fsp3) is 0.444. The Kier molecular flexibility index (Phi) is 4.44. The summed E-state index contributed by atoms with van der Waals surface area (Å²) in [4.78, 5) is 54.6. The van der Waals surface area contributed by atoms with Crippen LogP contribution in [0.15, 0.2) is 24.3 Å². The van der Waals surface area contributed by atoms with Gasteiger partial charge in [0.1, 0.15) is 12.6 Å². The summed E-state index contributed by atoms with van der Waals surface area (Å²) in [5.41, 5.74) is 0.650. The van der Waals surface area contributed by atoms with Gasteiger partial charge in [0.2, 0.25) is 11.8 Å². The molecule has 3 aliphatic rings. The molecule has 0 spiro atoms. The highest BCUT2D eigenvalue weighted by atomic mass is 32.2. The van der Waals surface area contributed by atoms with Gasteiger partial charge in [-0.15, -0.1) is 11.8 Å². The highest BCUT2D eigenvalue weighted by Gasteiger charge is 2.41. The Hall–Kier alpha value is -2.35. The predicted molar refractivity (Wildman–Crippen MR) is 95.6 cm³/mol. The van der Waals surface area contributed by atoms with Crippen molar-refractivity contribution in [3.05, 3.63) is 35.4 Å². The number of benzene rings is 1. The van der Waals surface area contributed by atoms with E-state index in [9.17, 15) is 19.2 Å². The van der Waals surface area contributed by atoms with Crippen LogP contribution < -0.4 is 0 Å². The second-order valence-corrected chi connectivity index (χ2v) is 7.65. The molecule has 136 valence electrons. The van der Waals surface area contributed by atoms with Crippen LogP contribution in [0, 0.1) is 0 Å². The van der Waals surface area contributed by atoms with Crippen molar-refractivity contribution in [2.75, 3.05) is 31.3 Å². The summed E-state index contributed by atoms with van der Waals surface area (Å²) in [5, 5.41) is 0. The molecule has 8 heteroatoms. The Morgan fingerprint density at radius 2 is 1.65 bits per heavy atom. The first kappa shape index (κ1) is 17.1. The molecule has 0 aliphatic carbocycles. The molecule has 2 fully saturated rings. The van der Waals surface area contributed by atoms with E-state index in [4.69, 9.17) is 0 Å². The number of amides is 4. The molecule has 4 amide bonds. The number of rotatable bonds is 3. The molecule has 0 aromatic heterocycles. The average molecular weight is 373 g/mol. The van der Waals surface area contributed by atoms with Gasteiger partial charge in [-0.1, -0.05) is 12.1 Å². The van der Waals surface area contributed by atoms with E-state index in [-0.39, 0.29) is 18.4 Å². The highest BCUT2D eigenvalue weighted by molar-refractivity contribution is 7.99. The number of hydrogen-bond acceptors (Lipinski definition) is 5. The third kappa shape index (κ3) is 2.78. The van der Waals surface area contributed by atoms with Crippen molar-refractivity contribution in [3.63, 3.8) is 0 Å². The van der Waals surface area contributed by atoms with Crippen LogP contribution in [0.2, 0.25) is 0 Å². The van der Waals surface area contributed by atoms with Crippen LogP contribution >= 0.6 is 11.8 Å². The second kappa shape index (κ2) is 6.75. The van der Waals surface area contributed by atoms with E-state index >= 15 is 0 Å². The quantitative estimate of drug-likeness (QED) is 0.733. The van der Waals surface area contributed by atoms with Gasteiger partial charge in [0.15, 0.2) is 0 Å². The Balaban J connectivity index is 1.47. The molecular weight excluding hydrogens is 354 g/mol. The van der Waals surface area contributed by atoms with E-state index < -0.39 is 17.9 Å². The van der Waals surface area contributed by atoms with Crippen LogP contribution in [0.3, 0.4) is 0 Å². The Morgan fingerprint density at radius 1 is 1.04 bits per heavy atom. The van der Waals surface area contributed by atoms with Crippen molar-refractivity contribution in [2.45, 2.75) is 18.9 Å². The maximum absolute atomic E-state index is 12.8. The number of nitrogens with zero attached hydrogens (tertiary/aromatic N) is 3. The molecule has 26 heavy (non-hydrogen) atoms. The summed E-state index contributed by atoms with van der Waals surface area (Å²) >= 11 is 1.52. The standard InChI is InChI=1S/C18H19N3O4S/c22-15(9-20-16(23)12-5-1-2-6-13(12)17(20)24)21-11-26-10-14(21)18(25)19-7-3-4-8-19/h1-2,5-6,14H,3-4,7-11H2/t14-/m0/s1. The summed E-state index contributed by atoms with van der Waals surface area (Å²) in [6, 6.07) is 6.06. The minimum atomic E-state index is -0.499. The van der Waals surface area contributed by atoms with Gasteiger partial charge in [-0.3, -0.25) is 24.1 Å². The van der Waals surface area contributed by atoms with E-state index in [0.29, 0.717) is 22.8 Å². The lowest BCUT2D eigenvalue weighted by Gasteiger charge is -2.28. The summed E-state index contributed by atoms with van der Waals surface area (Å²) < 4.78 is 0. The normalized spacial score (nSPS) is 22.3. The van der Waals surface area contributed by atoms with Gasteiger partial charge in [-0.25, -0.2) is 0 Å². The second-order valence-electron chi connectivity index (χ2n) is 6.65. The van der Waals surface area contributed by atoms with E-state index in [2.05, 4.69) is 0 Å². The number of carbonyl (C=O) groups excluding carboxylic acids is 4. The van der Waals surface area contributed by atoms with E-state index in [1.54, 1.807) is 29.2 Å². The molecule has 1 atom stereocenters. The zero-order valence-corrected chi connectivity index (χ0v) is 15.0. The Morgan fingerprint density at radius 3 is 2.27 bits per heavy atom. The number of hydrogen-bond donors (Lipinski definition) is 0. The monoisotopic (exact) mass is 373 g/mol. The first-order valence-electron chi connectivity index (χ1n) is 8.69. The van der Waals surface area contributed by atoms with E-state index in [0.717, 1.165) is 30.8 Å². The van der Waals surface area contributed by atoms with E-state index in [1.807, 2.05) is 0 Å². The number of carbonyl (C=O) groups is 4. The van der Waals surface area contributed by atoms with Crippen LogP contribution in [-0.2, 0) is 9.59 Å². The predicted octanol–water partition coefficient (Wildman–Crippen LogP) is 0.806. The Labute approximate surface area is 155 Å². The van der Waals surface area contributed by atoms with Crippen molar-refractivity contribution < 1.29 is 19.2 Å². The Bertz CT molecular complexity index is 755. The lowest BCUT2D eigenvalue weighted by Crippen LogP contribution is -2.51. The van der Waals surface area contributed by atoms with Crippen molar-refractivity contribution >= 4 is 35.4 Å². The lowest BCUT2D eigenvalue weighted by molar-refractivity contribution is -0.142. The summed E-state index contributed by atoms with van der Waals surface area (Å²) in [6.07, 6.45) is 1.99. The molecule has 1 aromatic rings. The maximum Gasteiger partial charge on any atom is 0.262 e. The fourth-order valence-corrected chi connectivity index (χ4v) is 4.82. The first-order chi connectivity index (χ1) is 12.6. The van der Waals surface area contributed by atoms with Crippen molar-refractivity contribution in [1.82, 2.24) is 14.7 Å². The summed E-state index contributed by atoms with van der Waals surface area (Å²) in [5.74, 6) is -0.318. The van der Waals surface area contributed by atoms with Gasteiger partial charge in [0.05, 0.1) is 17.0 Å². The number of thioether (sulfide) groups is 1. The SMILES string of the molecule is O=C([C@@H]1CSCN1C(=O)CN1C(=O)c2ccccc2C1=O)N1CCCC1. The molecule has 3 heterocycles. The number of imide groups is 1. The molecule has 1 aromatic carbocycles. The molecule has 2 saturated heterocycles. The fourth-order valence-electron chi connectivity index (χ4n) is 3.65. The third-order valence-electron chi connectivity index (χ3n) is 5.08. The highest BCUT2D eigenvalue weighted by Crippen LogP contribution is 2.26. The third-order valence-corrected chi connectivity index (χ3v) is 6.09. The molecule has 3 aliphatic heterocycles. The largest absolute Gasteiger partial charge is 0.341 e. The summed E-state index contributed by atoms with van der Waals surface area (Å²) in [7, 11) is 0. The van der Waals surface area contributed by atoms with Gasteiger partial charge < -0.3 is 9.80 Å². The molecule has 0 N–H and O–H groups in total. The van der Waals surface area contributed by atoms with Crippen LogP contribution in [0.4, 0.5) is 0 Å². The minimum absolute atomic E-state index is 0.0248. The number of likely N-dealkylation sites (tertiary alicyclic amines) is 1. The summed E-state index contributed by atoms with van der Waals surface area (Å²) in [6.45, 7) is 1.15. The van der Waals surface area contributed by atoms with Gasteiger partial charge in [0.25, 0.3) is 11.8 Å². The van der Waals surface area contributed by atoms with Gasteiger partial charge >= 0.3 is 0 Å². The zero-order chi connectivity index (χ0) is 18.3. The average Bonchev–Trinajstić information content (AvgIpc) is 3.39. The topological polar surface area (TPSA) is 78.0 Å². The van der Waals surface area contributed by atoms with Crippen molar-refractivity contribution in [2.24, 2.45) is 0 Å². The van der Waals surface area contributed by atoms with Gasteiger partial charge in [-0.2, -0.15) is 0 Å². The molecule has 0 saturated carbocycles. The first-order valence-corrected chi connectivity index (χ1v) is 9.84. The van der Waals surface area contributed by atoms with Crippen LogP contribution in [-0.4, -0.2) is 75.6 Å². The van der Waals surface area contributed by atoms with Gasteiger partial charge in [0, 0.05) is 18.8 Å². The minimum Gasteiger partial charge on any atom is -0.341 e. The molecule has 0 unspecified atom stereocenters. The molecular formula is C18H19N3O4S. The van der Waals surface area contributed by atoms with Crippen molar-refractivity contribution in [1.29, 1.82) is 0 Å². The maximum atomic E-state index is 12.8. The zero-order valence-electron chi connectivity index (χ0n) is 14.2. The number of fused-ring (bicyclic) bond motifs is 1. The van der Waals surface area contributed by atoms with Gasteiger partial charge in [-0.05, 0) is 25.0 Å². The molecule has 7 nitrogen and oxygen atoms in total.